The smallest absolute Gasteiger partial charge is 0.0117 e. The van der Waals surface area contributed by atoms with Gasteiger partial charge in [-0.25, -0.2) is 0 Å². The fraction of sp³-hybridized carbons (Fsp3) is 1.00. The first-order chi connectivity index (χ1) is 7.63. The standard InChI is InChI=1S/C12H26N2.C2H6/c1-5-14-8-6-12(7-9-14)13(4)10-11(2)3;1-2/h11-12H,5-10H2,1-4H3;1-2H3. The normalized spacial score (nSPS) is 18.8. The molecule has 0 saturated carbocycles. The maximum atomic E-state index is 2.56. The van der Waals surface area contributed by atoms with Crippen LogP contribution >= 0.6 is 0 Å². The topological polar surface area (TPSA) is 6.48 Å². The third-order valence-corrected chi connectivity index (χ3v) is 3.28. The van der Waals surface area contributed by atoms with Crippen LogP contribution in [0.4, 0.5) is 0 Å². The molecule has 0 N–H and O–H groups in total. The molecule has 0 unspecified atom stereocenters. The summed E-state index contributed by atoms with van der Waals surface area (Å²) >= 11 is 0. The van der Waals surface area contributed by atoms with E-state index >= 15 is 0 Å². The van der Waals surface area contributed by atoms with Gasteiger partial charge in [0, 0.05) is 12.6 Å². The number of nitrogens with zero attached hydrogens (tertiary/aromatic N) is 2. The van der Waals surface area contributed by atoms with Gasteiger partial charge in [-0.1, -0.05) is 34.6 Å². The lowest BCUT2D eigenvalue weighted by Gasteiger charge is -2.37. The quantitative estimate of drug-likeness (QED) is 0.729. The summed E-state index contributed by atoms with van der Waals surface area (Å²) < 4.78 is 0. The van der Waals surface area contributed by atoms with E-state index in [9.17, 15) is 0 Å². The van der Waals surface area contributed by atoms with Gasteiger partial charge in [-0.2, -0.15) is 0 Å². The van der Waals surface area contributed by atoms with Crippen molar-refractivity contribution in [3.05, 3.63) is 0 Å². The van der Waals surface area contributed by atoms with Crippen molar-refractivity contribution in [3.63, 3.8) is 0 Å². The summed E-state index contributed by atoms with van der Waals surface area (Å²) in [4.78, 5) is 5.11. The van der Waals surface area contributed by atoms with E-state index in [0.717, 1.165) is 12.0 Å². The number of likely N-dealkylation sites (tertiary alicyclic amines) is 1. The fourth-order valence-electron chi connectivity index (χ4n) is 2.40. The predicted molar refractivity (Wildman–Crippen MR) is 74.0 cm³/mol. The third-order valence-electron chi connectivity index (χ3n) is 3.28. The molecule has 0 aromatic carbocycles. The SMILES string of the molecule is CC.CCN1CCC(N(C)CC(C)C)CC1. The maximum Gasteiger partial charge on any atom is 0.0117 e. The monoisotopic (exact) mass is 228 g/mol. The van der Waals surface area contributed by atoms with Crippen LogP contribution in [0.2, 0.25) is 0 Å². The molecule has 1 fully saturated rings. The van der Waals surface area contributed by atoms with Gasteiger partial charge >= 0.3 is 0 Å². The molecule has 1 aliphatic heterocycles. The first kappa shape index (κ1) is 15.9. The lowest BCUT2D eigenvalue weighted by molar-refractivity contribution is 0.123. The average molecular weight is 228 g/mol. The fourth-order valence-corrected chi connectivity index (χ4v) is 2.40. The molecule has 1 aliphatic rings. The van der Waals surface area contributed by atoms with Crippen molar-refractivity contribution in [2.45, 2.75) is 53.5 Å². The van der Waals surface area contributed by atoms with Crippen molar-refractivity contribution in [2.24, 2.45) is 5.92 Å². The molecule has 0 amide bonds. The molecule has 0 atom stereocenters. The van der Waals surface area contributed by atoms with Gasteiger partial charge in [0.2, 0.25) is 0 Å². The van der Waals surface area contributed by atoms with Crippen molar-refractivity contribution in [1.82, 2.24) is 9.80 Å². The highest BCUT2D eigenvalue weighted by atomic mass is 15.2. The Bertz CT molecular complexity index is 149. The second-order valence-corrected chi connectivity index (χ2v) is 5.00. The van der Waals surface area contributed by atoms with Crippen LogP contribution < -0.4 is 0 Å². The van der Waals surface area contributed by atoms with Crippen molar-refractivity contribution < 1.29 is 0 Å². The van der Waals surface area contributed by atoms with Crippen LogP contribution in [0, 0.1) is 5.92 Å². The first-order valence-corrected chi connectivity index (χ1v) is 7.06. The van der Waals surface area contributed by atoms with Gasteiger partial charge in [0.15, 0.2) is 0 Å². The lowest BCUT2D eigenvalue weighted by Crippen LogP contribution is -2.44. The summed E-state index contributed by atoms with van der Waals surface area (Å²) in [7, 11) is 2.28. The number of hydrogen-bond acceptors (Lipinski definition) is 2. The zero-order chi connectivity index (χ0) is 12.6. The summed E-state index contributed by atoms with van der Waals surface area (Å²) in [6, 6.07) is 0.834. The Morgan fingerprint density at radius 1 is 1.19 bits per heavy atom. The van der Waals surface area contributed by atoms with Gasteiger partial charge in [0.1, 0.15) is 0 Å². The largest absolute Gasteiger partial charge is 0.303 e. The Morgan fingerprint density at radius 2 is 1.69 bits per heavy atom. The van der Waals surface area contributed by atoms with Crippen LogP contribution in [0.25, 0.3) is 0 Å². The summed E-state index contributed by atoms with van der Waals surface area (Å²) in [6.45, 7) is 15.9. The summed E-state index contributed by atoms with van der Waals surface area (Å²) in [5.74, 6) is 0.796. The van der Waals surface area contributed by atoms with E-state index in [0.29, 0.717) is 0 Å². The second kappa shape index (κ2) is 9.00. The van der Waals surface area contributed by atoms with E-state index < -0.39 is 0 Å². The van der Waals surface area contributed by atoms with Crippen molar-refractivity contribution in [1.29, 1.82) is 0 Å². The molecule has 0 aliphatic carbocycles. The van der Waals surface area contributed by atoms with Gasteiger partial charge in [0.05, 0.1) is 0 Å². The molecular formula is C14H32N2. The van der Waals surface area contributed by atoms with Gasteiger partial charge in [-0.15, -0.1) is 0 Å². The van der Waals surface area contributed by atoms with Crippen LogP contribution in [0.5, 0.6) is 0 Å². The zero-order valence-electron chi connectivity index (χ0n) is 12.3. The minimum atomic E-state index is 0.796. The molecule has 0 aromatic heterocycles. The molecule has 0 spiro atoms. The average Bonchev–Trinajstić information content (AvgIpc) is 2.31. The minimum Gasteiger partial charge on any atom is -0.303 e. The van der Waals surface area contributed by atoms with E-state index in [1.807, 2.05) is 13.8 Å². The van der Waals surface area contributed by atoms with Crippen LogP contribution in [-0.2, 0) is 0 Å². The van der Waals surface area contributed by atoms with Gasteiger partial charge in [0.25, 0.3) is 0 Å². The summed E-state index contributed by atoms with van der Waals surface area (Å²) in [5.41, 5.74) is 0. The van der Waals surface area contributed by atoms with Crippen molar-refractivity contribution in [2.75, 3.05) is 33.2 Å². The molecule has 98 valence electrons. The number of hydrogen-bond donors (Lipinski definition) is 0. The second-order valence-electron chi connectivity index (χ2n) is 5.00. The zero-order valence-corrected chi connectivity index (χ0v) is 12.3. The predicted octanol–water partition coefficient (Wildman–Crippen LogP) is 3.08. The van der Waals surface area contributed by atoms with Crippen LogP contribution in [0.1, 0.15) is 47.5 Å². The molecule has 0 bridgehead atoms. The van der Waals surface area contributed by atoms with Gasteiger partial charge in [-0.3, -0.25) is 0 Å². The Kier molecular flexibility index (Phi) is 8.96. The molecular weight excluding hydrogens is 196 g/mol. The van der Waals surface area contributed by atoms with Crippen LogP contribution in [-0.4, -0.2) is 49.1 Å². The molecule has 2 heteroatoms. The molecule has 0 radical (unpaired) electrons. The highest BCUT2D eigenvalue weighted by molar-refractivity contribution is 4.78. The highest BCUT2D eigenvalue weighted by Gasteiger charge is 2.21. The Labute approximate surface area is 103 Å². The maximum absolute atomic E-state index is 2.56. The van der Waals surface area contributed by atoms with Crippen molar-refractivity contribution >= 4 is 0 Å². The Balaban J connectivity index is 0.00000106. The van der Waals surface area contributed by atoms with E-state index in [4.69, 9.17) is 0 Å². The molecule has 2 nitrogen and oxygen atoms in total. The van der Waals surface area contributed by atoms with E-state index in [2.05, 4.69) is 37.6 Å². The minimum absolute atomic E-state index is 0.796. The van der Waals surface area contributed by atoms with Gasteiger partial charge in [-0.05, 0) is 45.4 Å². The van der Waals surface area contributed by atoms with Crippen LogP contribution in [0.15, 0.2) is 0 Å². The molecule has 1 saturated heterocycles. The number of piperidine rings is 1. The van der Waals surface area contributed by atoms with E-state index in [1.54, 1.807) is 0 Å². The van der Waals surface area contributed by atoms with E-state index in [1.165, 1.54) is 39.0 Å². The highest BCUT2D eigenvalue weighted by Crippen LogP contribution is 2.15. The van der Waals surface area contributed by atoms with Gasteiger partial charge < -0.3 is 9.80 Å². The van der Waals surface area contributed by atoms with Crippen molar-refractivity contribution in [3.8, 4) is 0 Å². The Morgan fingerprint density at radius 3 is 2.06 bits per heavy atom. The first-order valence-electron chi connectivity index (χ1n) is 7.06. The molecule has 1 rings (SSSR count). The lowest BCUT2D eigenvalue weighted by atomic mass is 10.0. The Hall–Kier alpha value is -0.0800. The summed E-state index contributed by atoms with van der Waals surface area (Å²) in [6.07, 6.45) is 2.72. The van der Waals surface area contributed by atoms with Crippen LogP contribution in [0.3, 0.4) is 0 Å². The molecule has 1 heterocycles. The third kappa shape index (κ3) is 5.86. The summed E-state index contributed by atoms with van der Waals surface area (Å²) in [5, 5.41) is 0. The van der Waals surface area contributed by atoms with E-state index in [-0.39, 0.29) is 0 Å². The molecule has 16 heavy (non-hydrogen) atoms. The number of rotatable bonds is 4. The molecule has 0 aromatic rings.